The lowest BCUT2D eigenvalue weighted by Crippen LogP contribution is -2.75. The molecule has 1 aliphatic heterocycles. The molecule has 0 unspecified atom stereocenters. The van der Waals surface area contributed by atoms with E-state index in [0.717, 1.165) is 0 Å². The summed E-state index contributed by atoms with van der Waals surface area (Å²) in [5.74, 6) is -5.21. The van der Waals surface area contributed by atoms with Gasteiger partial charge >= 0.3 is 29.8 Å². The second-order valence-electron chi connectivity index (χ2n) is 12.6. The minimum atomic E-state index is -1.38. The van der Waals surface area contributed by atoms with Crippen molar-refractivity contribution >= 4 is 35.6 Å². The highest BCUT2D eigenvalue weighted by Gasteiger charge is 2.75. The molecule has 0 saturated heterocycles. The van der Waals surface area contributed by atoms with Crippen LogP contribution in [-0.2, 0) is 52.5 Å². The SMILES string of the molecule is CC(=O)O[C@H]1[C@H]2[C@@](C)(CC[C@H]3C(=O)C(C)=C[C@@H](OC(C)=O)[C@@]32C)[C@@H]2C=CC(=O)OC[C@]2([C@H](C)OC(C)=O)[C@H]1OC(C)=O. The second kappa shape index (κ2) is 11.0. The van der Waals surface area contributed by atoms with Crippen LogP contribution < -0.4 is 0 Å². The van der Waals surface area contributed by atoms with Crippen molar-refractivity contribution in [2.24, 2.45) is 34.0 Å². The van der Waals surface area contributed by atoms with Gasteiger partial charge in [-0.1, -0.05) is 19.9 Å². The van der Waals surface area contributed by atoms with E-state index >= 15 is 0 Å². The van der Waals surface area contributed by atoms with Crippen molar-refractivity contribution in [3.05, 3.63) is 23.8 Å². The van der Waals surface area contributed by atoms with E-state index in [0.29, 0.717) is 18.4 Å². The first-order valence-electron chi connectivity index (χ1n) is 14.3. The summed E-state index contributed by atoms with van der Waals surface area (Å²) in [6, 6.07) is 0. The highest BCUT2D eigenvalue weighted by molar-refractivity contribution is 5.98. The number of fused-ring (bicyclic) bond motifs is 5. The lowest BCUT2D eigenvalue weighted by atomic mass is 9.37. The molecular weight excluding hydrogens is 548 g/mol. The number of hydrogen-bond donors (Lipinski definition) is 0. The van der Waals surface area contributed by atoms with Crippen molar-refractivity contribution in [1.29, 1.82) is 0 Å². The lowest BCUT2D eigenvalue weighted by molar-refractivity contribution is -0.291. The van der Waals surface area contributed by atoms with Gasteiger partial charge in [-0.3, -0.25) is 24.0 Å². The zero-order valence-electron chi connectivity index (χ0n) is 25.4. The molecule has 0 N–H and O–H groups in total. The summed E-state index contributed by atoms with van der Waals surface area (Å²) < 4.78 is 29.3. The van der Waals surface area contributed by atoms with Gasteiger partial charge in [-0.05, 0) is 49.7 Å². The molecule has 0 aromatic heterocycles. The molecule has 0 amide bonds. The molecule has 0 aromatic rings. The minimum Gasteiger partial charge on any atom is -0.462 e. The summed E-state index contributed by atoms with van der Waals surface area (Å²) in [7, 11) is 0. The summed E-state index contributed by atoms with van der Waals surface area (Å²) in [6.45, 7) is 11.8. The Morgan fingerprint density at radius 2 is 1.57 bits per heavy atom. The van der Waals surface area contributed by atoms with E-state index in [-0.39, 0.29) is 12.4 Å². The summed E-state index contributed by atoms with van der Waals surface area (Å²) in [4.78, 5) is 76.6. The van der Waals surface area contributed by atoms with Crippen LogP contribution in [0, 0.1) is 34.0 Å². The number of cyclic esters (lactones) is 1. The van der Waals surface area contributed by atoms with E-state index < -0.39 is 88.3 Å². The molecule has 1 heterocycles. The van der Waals surface area contributed by atoms with Gasteiger partial charge in [-0.2, -0.15) is 0 Å². The first-order valence-corrected chi connectivity index (χ1v) is 14.3. The average Bonchev–Trinajstić information content (AvgIpc) is 3.04. The van der Waals surface area contributed by atoms with Crippen LogP contribution in [0.25, 0.3) is 0 Å². The fourth-order valence-electron chi connectivity index (χ4n) is 8.72. The van der Waals surface area contributed by atoms with Gasteiger partial charge < -0.3 is 23.7 Å². The number of allylic oxidation sites excluding steroid dienone is 2. The maximum Gasteiger partial charge on any atom is 0.330 e. The van der Waals surface area contributed by atoms with Gasteiger partial charge in [0.15, 0.2) is 11.9 Å². The molecule has 3 aliphatic carbocycles. The molecule has 42 heavy (non-hydrogen) atoms. The van der Waals surface area contributed by atoms with Crippen molar-refractivity contribution in [2.45, 2.75) is 92.6 Å². The monoisotopic (exact) mass is 588 g/mol. The molecule has 2 fully saturated rings. The fourth-order valence-corrected chi connectivity index (χ4v) is 8.72. The Balaban J connectivity index is 2.09. The summed E-state index contributed by atoms with van der Waals surface area (Å²) in [5, 5.41) is 0. The zero-order valence-corrected chi connectivity index (χ0v) is 25.4. The molecule has 4 rings (SSSR count). The van der Waals surface area contributed by atoms with Gasteiger partial charge in [0.05, 0.1) is 5.41 Å². The molecular formula is C31H40O11. The predicted octanol–water partition coefficient (Wildman–Crippen LogP) is 3.03. The molecule has 0 spiro atoms. The van der Waals surface area contributed by atoms with Crippen LogP contribution in [0.5, 0.6) is 0 Å². The van der Waals surface area contributed by atoms with Crippen molar-refractivity contribution in [1.82, 2.24) is 0 Å². The van der Waals surface area contributed by atoms with Crippen LogP contribution >= 0.6 is 0 Å². The quantitative estimate of drug-likeness (QED) is 0.345. The van der Waals surface area contributed by atoms with Gasteiger partial charge in [0.1, 0.15) is 24.9 Å². The summed E-state index contributed by atoms with van der Waals surface area (Å²) in [6.07, 6.45) is 1.17. The van der Waals surface area contributed by atoms with Gasteiger partial charge in [0, 0.05) is 51.0 Å². The van der Waals surface area contributed by atoms with Gasteiger partial charge in [0.2, 0.25) is 0 Å². The standard InChI is InChI=1S/C31H40O11/c1-15-13-23(40-18(4)33)30(8)21(25(15)37)11-12-29(7)22-9-10-24(36)38-14-31(22,16(2)39-17(3)32)28(42-20(6)35)26(27(29)30)41-19(5)34/h9-10,13,16,21-23,26-28H,11-12,14H2,1-8H3/t16-,21-,22-,23+,26-,27-,28-,29-,30+,31+/m0/s1. The highest BCUT2D eigenvalue weighted by Crippen LogP contribution is 2.70. The first kappa shape index (κ1) is 31.4. The van der Waals surface area contributed by atoms with Gasteiger partial charge in [-0.15, -0.1) is 0 Å². The summed E-state index contributed by atoms with van der Waals surface area (Å²) >= 11 is 0. The molecule has 11 nitrogen and oxygen atoms in total. The first-order chi connectivity index (χ1) is 19.5. The fraction of sp³-hybridized carbons (Fsp3) is 0.677. The number of ketones is 1. The Bertz CT molecular complexity index is 1270. The van der Waals surface area contributed by atoms with Crippen LogP contribution in [0.15, 0.2) is 23.8 Å². The number of Topliss-reactive ketones (excluding diaryl/α,β-unsaturated/α-hetero) is 1. The number of rotatable bonds is 5. The summed E-state index contributed by atoms with van der Waals surface area (Å²) in [5.41, 5.74) is -2.89. The molecule has 10 atom stereocenters. The largest absolute Gasteiger partial charge is 0.462 e. The van der Waals surface area contributed by atoms with E-state index in [1.807, 2.05) is 13.8 Å². The maximum atomic E-state index is 13.7. The second-order valence-corrected chi connectivity index (χ2v) is 12.6. The molecule has 230 valence electrons. The van der Waals surface area contributed by atoms with E-state index in [1.165, 1.54) is 33.8 Å². The average molecular weight is 589 g/mol. The Morgan fingerprint density at radius 3 is 2.14 bits per heavy atom. The molecule has 4 aliphatic rings. The third-order valence-corrected chi connectivity index (χ3v) is 10.1. The van der Waals surface area contributed by atoms with Crippen molar-refractivity contribution in [3.8, 4) is 0 Å². The Morgan fingerprint density at radius 1 is 0.952 bits per heavy atom. The Kier molecular flexibility index (Phi) is 8.21. The van der Waals surface area contributed by atoms with E-state index in [1.54, 1.807) is 26.0 Å². The lowest BCUT2D eigenvalue weighted by Gasteiger charge is -2.69. The minimum absolute atomic E-state index is 0.103. The maximum absolute atomic E-state index is 13.7. The number of hydrogen-bond acceptors (Lipinski definition) is 11. The normalized spacial score (nSPS) is 39.6. The van der Waals surface area contributed by atoms with Gasteiger partial charge in [-0.25, -0.2) is 4.79 Å². The van der Waals surface area contributed by atoms with Crippen LogP contribution in [0.4, 0.5) is 0 Å². The van der Waals surface area contributed by atoms with Crippen molar-refractivity contribution in [3.63, 3.8) is 0 Å². The number of carbonyl (C=O) groups excluding carboxylic acids is 6. The Labute approximate surface area is 245 Å². The van der Waals surface area contributed by atoms with Crippen molar-refractivity contribution in [2.75, 3.05) is 6.61 Å². The number of carbonyl (C=O) groups is 6. The van der Waals surface area contributed by atoms with Crippen LogP contribution in [-0.4, -0.2) is 66.7 Å². The molecule has 0 radical (unpaired) electrons. The van der Waals surface area contributed by atoms with E-state index in [2.05, 4.69) is 0 Å². The topological polar surface area (TPSA) is 149 Å². The molecule has 11 heteroatoms. The third-order valence-electron chi connectivity index (χ3n) is 10.1. The third kappa shape index (κ3) is 4.84. The molecule has 0 bridgehead atoms. The smallest absolute Gasteiger partial charge is 0.330 e. The molecule has 0 aromatic carbocycles. The number of esters is 5. The predicted molar refractivity (Wildman–Crippen MR) is 145 cm³/mol. The van der Waals surface area contributed by atoms with E-state index in [4.69, 9.17) is 23.7 Å². The molecule has 2 saturated carbocycles. The Hall–Kier alpha value is -3.50. The number of ether oxygens (including phenoxy) is 5. The highest BCUT2D eigenvalue weighted by atomic mass is 16.6. The zero-order chi connectivity index (χ0) is 31.4. The van der Waals surface area contributed by atoms with Gasteiger partial charge in [0.25, 0.3) is 0 Å². The van der Waals surface area contributed by atoms with Crippen LogP contribution in [0.2, 0.25) is 0 Å². The van der Waals surface area contributed by atoms with E-state index in [9.17, 15) is 28.8 Å². The van der Waals surface area contributed by atoms with Crippen molar-refractivity contribution < 1.29 is 52.5 Å². The van der Waals surface area contributed by atoms with Crippen LogP contribution in [0.3, 0.4) is 0 Å². The van der Waals surface area contributed by atoms with Crippen LogP contribution in [0.1, 0.15) is 68.2 Å².